The van der Waals surface area contributed by atoms with Gasteiger partial charge in [0.25, 0.3) is 0 Å². The van der Waals surface area contributed by atoms with Crippen molar-refractivity contribution in [3.05, 3.63) is 6.33 Å². The van der Waals surface area contributed by atoms with Crippen LogP contribution in [0.15, 0.2) is 6.33 Å². The van der Waals surface area contributed by atoms with Crippen LogP contribution >= 0.6 is 0 Å². The molecule has 0 radical (unpaired) electrons. The van der Waals surface area contributed by atoms with Crippen LogP contribution in [-0.4, -0.2) is 53.6 Å². The van der Waals surface area contributed by atoms with E-state index in [2.05, 4.69) is 9.97 Å². The van der Waals surface area contributed by atoms with Crippen molar-refractivity contribution in [2.24, 2.45) is 0 Å². The van der Waals surface area contributed by atoms with Crippen LogP contribution in [0, 0.1) is 0 Å². The second kappa shape index (κ2) is 6.09. The molecule has 0 aliphatic heterocycles. The molecular weight excluding hydrogens is 212 g/mol. The quantitative estimate of drug-likeness (QED) is 0.565. The van der Waals surface area contributed by atoms with Crippen molar-refractivity contribution in [2.75, 3.05) is 44.0 Å². The fourth-order valence-corrected chi connectivity index (χ4v) is 1.36. The Labute approximate surface area is 93.5 Å². The lowest BCUT2D eigenvalue weighted by atomic mass is 10.4. The van der Waals surface area contributed by atoms with Gasteiger partial charge in [0, 0.05) is 13.1 Å². The molecule has 7 nitrogen and oxygen atoms in total. The molecule has 0 amide bonds. The van der Waals surface area contributed by atoms with Gasteiger partial charge in [0.05, 0.1) is 20.3 Å². The minimum absolute atomic E-state index is 0.0485. The Hall–Kier alpha value is -1.60. The average molecular weight is 228 g/mol. The minimum Gasteiger partial charge on any atom is -0.490 e. The first-order valence-electron chi connectivity index (χ1n) is 4.85. The molecule has 0 aromatic carbocycles. The Balaban J connectivity index is 3.02. The highest BCUT2D eigenvalue weighted by atomic mass is 16.5. The number of hydrogen-bond acceptors (Lipinski definition) is 7. The minimum atomic E-state index is -0.0485. The lowest BCUT2D eigenvalue weighted by molar-refractivity contribution is 0.279. The van der Waals surface area contributed by atoms with Crippen molar-refractivity contribution in [3.63, 3.8) is 0 Å². The van der Waals surface area contributed by atoms with Crippen LogP contribution in [0.3, 0.4) is 0 Å². The number of nitrogens with two attached hydrogens (primary N) is 1. The summed E-state index contributed by atoms with van der Waals surface area (Å²) in [6, 6.07) is 0. The van der Waals surface area contributed by atoms with E-state index < -0.39 is 0 Å². The largest absolute Gasteiger partial charge is 0.490 e. The molecule has 0 atom stereocenters. The molecule has 1 aromatic rings. The zero-order valence-corrected chi connectivity index (χ0v) is 9.13. The summed E-state index contributed by atoms with van der Waals surface area (Å²) >= 11 is 0. The monoisotopic (exact) mass is 228 g/mol. The molecular formula is C9H16N4O3. The molecule has 1 heterocycles. The van der Waals surface area contributed by atoms with E-state index in [1.807, 2.05) is 0 Å². The normalized spacial score (nSPS) is 10.2. The number of aliphatic hydroxyl groups excluding tert-OH is 2. The summed E-state index contributed by atoms with van der Waals surface area (Å²) in [4.78, 5) is 9.52. The number of ether oxygens (including phenoxy) is 1. The average Bonchev–Trinajstić information content (AvgIpc) is 2.28. The van der Waals surface area contributed by atoms with Crippen LogP contribution in [0.5, 0.6) is 5.75 Å². The van der Waals surface area contributed by atoms with Crippen LogP contribution in [0.25, 0.3) is 0 Å². The molecule has 16 heavy (non-hydrogen) atoms. The molecule has 0 aliphatic carbocycles. The molecule has 4 N–H and O–H groups in total. The van der Waals surface area contributed by atoms with Gasteiger partial charge in [-0.3, -0.25) is 0 Å². The van der Waals surface area contributed by atoms with E-state index in [4.69, 9.17) is 20.7 Å². The van der Waals surface area contributed by atoms with Crippen LogP contribution in [0.4, 0.5) is 11.6 Å². The molecule has 1 aromatic heterocycles. The third-order valence-electron chi connectivity index (χ3n) is 2.06. The zero-order chi connectivity index (χ0) is 12.0. The second-order valence-electron chi connectivity index (χ2n) is 3.05. The maximum atomic E-state index is 8.92. The molecule has 0 saturated carbocycles. The van der Waals surface area contributed by atoms with E-state index in [-0.39, 0.29) is 19.0 Å². The standard InChI is InChI=1S/C9H16N4O3/c1-16-7-8(10)11-6-12-9(7)13(2-4-14)3-5-15/h6,14-15H,2-5H2,1H3,(H2,10,11,12). The van der Waals surface area contributed by atoms with Gasteiger partial charge in [0.1, 0.15) is 6.33 Å². The Morgan fingerprint density at radius 3 is 2.44 bits per heavy atom. The van der Waals surface area contributed by atoms with Gasteiger partial charge in [-0.25, -0.2) is 9.97 Å². The second-order valence-corrected chi connectivity index (χ2v) is 3.05. The van der Waals surface area contributed by atoms with Gasteiger partial charge in [0.2, 0.25) is 5.75 Å². The molecule has 0 saturated heterocycles. The van der Waals surface area contributed by atoms with E-state index >= 15 is 0 Å². The fraction of sp³-hybridized carbons (Fsp3) is 0.556. The molecule has 0 spiro atoms. The third-order valence-corrected chi connectivity index (χ3v) is 2.06. The number of anilines is 2. The topological polar surface area (TPSA) is 105 Å². The highest BCUT2D eigenvalue weighted by molar-refractivity contribution is 5.62. The van der Waals surface area contributed by atoms with E-state index in [1.54, 1.807) is 4.90 Å². The smallest absolute Gasteiger partial charge is 0.204 e. The Bertz CT molecular complexity index is 329. The summed E-state index contributed by atoms with van der Waals surface area (Å²) in [5, 5.41) is 17.8. The maximum Gasteiger partial charge on any atom is 0.204 e. The van der Waals surface area contributed by atoms with Gasteiger partial charge in [-0.2, -0.15) is 0 Å². The van der Waals surface area contributed by atoms with E-state index in [0.717, 1.165) is 0 Å². The summed E-state index contributed by atoms with van der Waals surface area (Å²) in [6.45, 7) is 0.584. The predicted molar refractivity (Wildman–Crippen MR) is 59.4 cm³/mol. The first-order chi connectivity index (χ1) is 7.74. The molecule has 7 heteroatoms. The van der Waals surface area contributed by atoms with Gasteiger partial charge < -0.3 is 25.6 Å². The Morgan fingerprint density at radius 1 is 1.31 bits per heavy atom. The Morgan fingerprint density at radius 2 is 1.94 bits per heavy atom. The number of aromatic nitrogens is 2. The first kappa shape index (κ1) is 12.5. The van der Waals surface area contributed by atoms with Crippen molar-refractivity contribution in [1.29, 1.82) is 0 Å². The van der Waals surface area contributed by atoms with Crippen LogP contribution in [0.1, 0.15) is 0 Å². The maximum absolute atomic E-state index is 8.92. The predicted octanol–water partition coefficient (Wildman–Crippen LogP) is -1.14. The van der Waals surface area contributed by atoms with Crippen LogP contribution in [0.2, 0.25) is 0 Å². The van der Waals surface area contributed by atoms with Crippen molar-refractivity contribution >= 4 is 11.6 Å². The molecule has 90 valence electrons. The summed E-state index contributed by atoms with van der Waals surface area (Å²) < 4.78 is 5.09. The number of hydrogen-bond donors (Lipinski definition) is 3. The van der Waals surface area contributed by atoms with Crippen LogP contribution < -0.4 is 15.4 Å². The summed E-state index contributed by atoms with van der Waals surface area (Å²) in [5.41, 5.74) is 5.63. The number of methoxy groups -OCH3 is 1. The summed E-state index contributed by atoms with van der Waals surface area (Å²) in [7, 11) is 1.47. The molecule has 0 unspecified atom stereocenters. The number of nitrogen functional groups attached to an aromatic ring is 1. The number of aliphatic hydroxyl groups is 2. The Kier molecular flexibility index (Phi) is 4.74. The van der Waals surface area contributed by atoms with Crippen LogP contribution in [-0.2, 0) is 0 Å². The molecule has 0 aliphatic rings. The van der Waals surface area contributed by atoms with E-state index in [9.17, 15) is 0 Å². The molecule has 0 bridgehead atoms. The molecule has 0 fully saturated rings. The first-order valence-corrected chi connectivity index (χ1v) is 4.85. The number of rotatable bonds is 6. The van der Waals surface area contributed by atoms with Gasteiger partial charge in [-0.15, -0.1) is 0 Å². The lowest BCUT2D eigenvalue weighted by Gasteiger charge is -2.23. The van der Waals surface area contributed by atoms with Crippen molar-refractivity contribution in [2.45, 2.75) is 0 Å². The molecule has 1 rings (SSSR count). The van der Waals surface area contributed by atoms with Gasteiger partial charge >= 0.3 is 0 Å². The zero-order valence-electron chi connectivity index (χ0n) is 9.13. The SMILES string of the molecule is COc1c(N)ncnc1N(CCO)CCO. The summed E-state index contributed by atoms with van der Waals surface area (Å²) in [6.07, 6.45) is 1.31. The van der Waals surface area contributed by atoms with Gasteiger partial charge in [-0.05, 0) is 0 Å². The fourth-order valence-electron chi connectivity index (χ4n) is 1.36. The van der Waals surface area contributed by atoms with Crippen molar-refractivity contribution in [1.82, 2.24) is 9.97 Å². The highest BCUT2D eigenvalue weighted by Gasteiger charge is 2.15. The third kappa shape index (κ3) is 2.71. The van der Waals surface area contributed by atoms with E-state index in [0.29, 0.717) is 24.7 Å². The van der Waals surface area contributed by atoms with Crippen molar-refractivity contribution in [3.8, 4) is 5.75 Å². The van der Waals surface area contributed by atoms with E-state index in [1.165, 1.54) is 13.4 Å². The van der Waals surface area contributed by atoms with Gasteiger partial charge in [-0.1, -0.05) is 0 Å². The van der Waals surface area contributed by atoms with Gasteiger partial charge in [0.15, 0.2) is 11.6 Å². The number of nitrogens with zero attached hydrogens (tertiary/aromatic N) is 3. The highest BCUT2D eigenvalue weighted by Crippen LogP contribution is 2.29. The van der Waals surface area contributed by atoms with Crippen molar-refractivity contribution < 1.29 is 14.9 Å². The summed E-state index contributed by atoms with van der Waals surface area (Å²) in [5.74, 6) is 1.05. The lowest BCUT2D eigenvalue weighted by Crippen LogP contribution is -2.31.